The molecule has 1 aromatic heterocycles. The Morgan fingerprint density at radius 3 is 2.74 bits per heavy atom. The molecule has 1 aliphatic rings. The van der Waals surface area contributed by atoms with Gasteiger partial charge in [0.15, 0.2) is 0 Å². The van der Waals surface area contributed by atoms with E-state index in [0.29, 0.717) is 43.3 Å². The zero-order chi connectivity index (χ0) is 19.6. The number of fused-ring (bicyclic) bond motifs is 1. The van der Waals surface area contributed by atoms with Crippen molar-refractivity contribution in [2.24, 2.45) is 4.99 Å². The maximum absolute atomic E-state index is 12.5. The fraction of sp³-hybridized carbons (Fsp3) is 0.263. The Morgan fingerprint density at radius 2 is 2.00 bits per heavy atom. The number of nitrogens with zero attached hydrogens (tertiary/aromatic N) is 1. The molecule has 140 valence electrons. The average molecular weight is 466 g/mol. The van der Waals surface area contributed by atoms with Gasteiger partial charge in [0.1, 0.15) is 5.75 Å². The molecule has 2 aromatic rings. The number of aliphatic carboxylic acids is 1. The first kappa shape index (κ1) is 19.9. The lowest BCUT2D eigenvalue weighted by molar-refractivity contribution is -0.137. The smallest absolute Gasteiger partial charge is 0.303 e. The van der Waals surface area contributed by atoms with Gasteiger partial charge in [-0.2, -0.15) is 0 Å². The summed E-state index contributed by atoms with van der Waals surface area (Å²) in [6.45, 7) is 0. The number of unbranched alkanes of at least 4 members (excludes halogenated alkanes) is 2. The second kappa shape index (κ2) is 8.41. The number of amides is 1. The number of aromatic hydroxyl groups is 1. The van der Waals surface area contributed by atoms with Gasteiger partial charge < -0.3 is 10.2 Å². The molecule has 2 N–H and O–H groups in total. The summed E-state index contributed by atoms with van der Waals surface area (Å²) in [7, 11) is 0. The number of aryl methyl sites for hydroxylation is 1. The third-order valence-electron chi connectivity index (χ3n) is 4.24. The van der Waals surface area contributed by atoms with Crippen LogP contribution in [0.15, 0.2) is 33.7 Å². The number of carboxylic acid groups (broad SMARTS) is 1. The van der Waals surface area contributed by atoms with Crippen LogP contribution in [0.1, 0.15) is 36.1 Å². The first-order valence-electron chi connectivity index (χ1n) is 8.38. The fourth-order valence-electron chi connectivity index (χ4n) is 2.97. The Bertz CT molecular complexity index is 1110. The second-order valence-electron chi connectivity index (χ2n) is 6.18. The maximum atomic E-state index is 12.5. The molecule has 2 heterocycles. The van der Waals surface area contributed by atoms with Gasteiger partial charge in [-0.15, -0.1) is 11.3 Å². The molecule has 0 atom stereocenters. The van der Waals surface area contributed by atoms with Gasteiger partial charge in [0.05, 0.1) is 19.6 Å². The minimum Gasteiger partial charge on any atom is -0.506 e. The minimum atomic E-state index is -0.806. The van der Waals surface area contributed by atoms with Gasteiger partial charge in [0, 0.05) is 16.1 Å². The van der Waals surface area contributed by atoms with Crippen LogP contribution in [0.25, 0.3) is 5.57 Å². The van der Waals surface area contributed by atoms with Crippen molar-refractivity contribution in [2.45, 2.75) is 32.1 Å². The Labute approximate surface area is 172 Å². The molecule has 8 heteroatoms. The van der Waals surface area contributed by atoms with Crippen LogP contribution < -0.4 is 10.6 Å². The van der Waals surface area contributed by atoms with Crippen molar-refractivity contribution in [2.75, 3.05) is 0 Å². The molecule has 1 aliphatic heterocycles. The monoisotopic (exact) mass is 465 g/mol. The van der Waals surface area contributed by atoms with Gasteiger partial charge in [-0.05, 0) is 49.1 Å². The van der Waals surface area contributed by atoms with Gasteiger partial charge >= 0.3 is 5.97 Å². The Balaban J connectivity index is 1.96. The van der Waals surface area contributed by atoms with Gasteiger partial charge in [0.25, 0.3) is 5.91 Å². The SMILES string of the molecule is O=C(O)CCCCCc1cc(=S)sc(C2=c3cc(Br)ccc3=NC2=O)c1O. The summed E-state index contributed by atoms with van der Waals surface area (Å²) in [6.07, 6.45) is 2.78. The lowest BCUT2D eigenvalue weighted by atomic mass is 10.0. The highest BCUT2D eigenvalue weighted by atomic mass is 79.9. The molecule has 1 amide bonds. The molecule has 0 spiro atoms. The number of benzene rings is 1. The van der Waals surface area contributed by atoms with Crippen LogP contribution in [0.4, 0.5) is 0 Å². The molecular formula is C19H16BrNO4S2. The van der Waals surface area contributed by atoms with Crippen LogP contribution >= 0.6 is 39.5 Å². The van der Waals surface area contributed by atoms with Crippen molar-refractivity contribution in [3.05, 3.63) is 53.6 Å². The number of carbonyl (C=O) groups is 2. The third kappa shape index (κ3) is 4.51. The van der Waals surface area contributed by atoms with E-state index >= 15 is 0 Å². The van der Waals surface area contributed by atoms with E-state index in [2.05, 4.69) is 20.9 Å². The first-order chi connectivity index (χ1) is 12.9. The molecule has 0 bridgehead atoms. The second-order valence-corrected chi connectivity index (χ2v) is 8.84. The first-order valence-corrected chi connectivity index (χ1v) is 10.4. The van der Waals surface area contributed by atoms with Crippen molar-refractivity contribution < 1.29 is 19.8 Å². The summed E-state index contributed by atoms with van der Waals surface area (Å²) in [5.41, 5.74) is 1.04. The fourth-order valence-corrected chi connectivity index (χ4v) is 4.65. The highest BCUT2D eigenvalue weighted by Gasteiger charge is 2.23. The van der Waals surface area contributed by atoms with E-state index in [1.54, 1.807) is 12.1 Å². The molecule has 0 radical (unpaired) electrons. The Kier molecular flexibility index (Phi) is 6.18. The molecule has 5 nitrogen and oxygen atoms in total. The van der Waals surface area contributed by atoms with Crippen molar-refractivity contribution in [1.29, 1.82) is 0 Å². The summed E-state index contributed by atoms with van der Waals surface area (Å²) < 4.78 is 1.40. The van der Waals surface area contributed by atoms with Crippen LogP contribution in [0.2, 0.25) is 0 Å². The van der Waals surface area contributed by atoms with Crippen LogP contribution in [-0.4, -0.2) is 22.1 Å². The number of hydrogen-bond acceptors (Lipinski definition) is 5. The maximum Gasteiger partial charge on any atom is 0.303 e. The van der Waals surface area contributed by atoms with Crippen LogP contribution in [0.5, 0.6) is 5.75 Å². The van der Waals surface area contributed by atoms with Gasteiger partial charge in [-0.3, -0.25) is 9.59 Å². The zero-order valence-corrected chi connectivity index (χ0v) is 17.4. The average Bonchev–Trinajstić information content (AvgIpc) is 2.92. The van der Waals surface area contributed by atoms with E-state index in [9.17, 15) is 14.7 Å². The van der Waals surface area contributed by atoms with E-state index in [4.69, 9.17) is 17.3 Å². The lowest BCUT2D eigenvalue weighted by Gasteiger charge is -2.09. The Hall–Kier alpha value is -1.90. The predicted molar refractivity (Wildman–Crippen MR) is 109 cm³/mol. The summed E-state index contributed by atoms with van der Waals surface area (Å²) in [4.78, 5) is 27.5. The molecule has 1 aromatic carbocycles. The molecule has 0 fully saturated rings. The largest absolute Gasteiger partial charge is 0.506 e. The van der Waals surface area contributed by atoms with Gasteiger partial charge in [-0.25, -0.2) is 4.99 Å². The quantitative estimate of drug-likeness (QED) is 0.482. The number of halogens is 1. The molecule has 27 heavy (non-hydrogen) atoms. The van der Waals surface area contributed by atoms with Gasteiger partial charge in [0.2, 0.25) is 0 Å². The van der Waals surface area contributed by atoms with E-state index < -0.39 is 5.97 Å². The number of rotatable bonds is 7. The molecule has 0 saturated carbocycles. The van der Waals surface area contributed by atoms with E-state index in [0.717, 1.165) is 17.3 Å². The number of carboxylic acids is 1. The van der Waals surface area contributed by atoms with E-state index in [1.807, 2.05) is 12.1 Å². The summed E-state index contributed by atoms with van der Waals surface area (Å²) >= 11 is 9.94. The summed E-state index contributed by atoms with van der Waals surface area (Å²) in [5.74, 6) is -1.14. The number of carbonyl (C=O) groups excluding carboxylic acids is 1. The van der Waals surface area contributed by atoms with E-state index in [1.165, 1.54) is 11.3 Å². The minimum absolute atomic E-state index is 0.0539. The normalized spacial score (nSPS) is 12.8. The standard InChI is InChI=1S/C19H16BrNO4S2/c20-11-6-7-13-12(9-11)16(19(25)21-13)18-17(24)10(8-15(26)27-18)4-2-1-3-5-14(22)23/h6-9,24H,1-5H2,(H,22,23). The third-order valence-corrected chi connectivity index (χ3v) is 6.02. The Morgan fingerprint density at radius 1 is 1.22 bits per heavy atom. The van der Waals surface area contributed by atoms with Crippen LogP contribution in [-0.2, 0) is 16.0 Å². The van der Waals surface area contributed by atoms with Crippen molar-refractivity contribution in [3.63, 3.8) is 0 Å². The molecule has 0 unspecified atom stereocenters. The zero-order valence-electron chi connectivity index (χ0n) is 14.2. The van der Waals surface area contributed by atoms with E-state index in [-0.39, 0.29) is 18.1 Å². The summed E-state index contributed by atoms with van der Waals surface area (Å²) in [5, 5.41) is 20.7. The highest BCUT2D eigenvalue weighted by Crippen LogP contribution is 2.34. The molecule has 0 saturated heterocycles. The molecular weight excluding hydrogens is 450 g/mol. The van der Waals surface area contributed by atoms with Crippen molar-refractivity contribution >= 4 is 56.9 Å². The van der Waals surface area contributed by atoms with Crippen LogP contribution in [0.3, 0.4) is 0 Å². The lowest BCUT2D eigenvalue weighted by Crippen LogP contribution is -2.22. The van der Waals surface area contributed by atoms with Crippen molar-refractivity contribution in [3.8, 4) is 5.75 Å². The topological polar surface area (TPSA) is 87.0 Å². The van der Waals surface area contributed by atoms with Gasteiger partial charge in [-0.1, -0.05) is 34.6 Å². The van der Waals surface area contributed by atoms with Crippen LogP contribution in [0, 0.1) is 3.82 Å². The summed E-state index contributed by atoms with van der Waals surface area (Å²) in [6, 6.07) is 7.13. The number of hydrogen-bond donors (Lipinski definition) is 2. The highest BCUT2D eigenvalue weighted by molar-refractivity contribution is 9.10. The molecule has 0 aliphatic carbocycles. The molecule has 3 rings (SSSR count). The van der Waals surface area contributed by atoms with Crippen molar-refractivity contribution in [1.82, 2.24) is 0 Å². The predicted octanol–water partition coefficient (Wildman–Crippen LogP) is 3.49.